The van der Waals surface area contributed by atoms with Gasteiger partial charge < -0.3 is 9.16 Å². The summed E-state index contributed by atoms with van der Waals surface area (Å²) < 4.78 is 14.8. The van der Waals surface area contributed by atoms with Crippen LogP contribution >= 0.6 is 0 Å². The normalized spacial score (nSPS) is 19.6. The summed E-state index contributed by atoms with van der Waals surface area (Å²) in [6.07, 6.45) is 1.10. The van der Waals surface area contributed by atoms with Crippen molar-refractivity contribution < 1.29 is 9.16 Å². The molecule has 5 rings (SSSR count). The van der Waals surface area contributed by atoms with Gasteiger partial charge in [0.25, 0.3) is 5.56 Å². The minimum absolute atomic E-state index is 0.0334. The van der Waals surface area contributed by atoms with Crippen molar-refractivity contribution in [3.63, 3.8) is 0 Å². The van der Waals surface area contributed by atoms with Crippen molar-refractivity contribution >= 4 is 8.32 Å². The molecule has 1 saturated heterocycles. The maximum atomic E-state index is 12.8. The van der Waals surface area contributed by atoms with Crippen LogP contribution in [-0.4, -0.2) is 36.6 Å². The first-order valence-electron chi connectivity index (χ1n) is 14.6. The van der Waals surface area contributed by atoms with Gasteiger partial charge in [0, 0.05) is 24.7 Å². The molecule has 220 valence electrons. The zero-order chi connectivity index (χ0) is 30.0. The van der Waals surface area contributed by atoms with Crippen LogP contribution in [0.5, 0.6) is 0 Å². The maximum absolute atomic E-state index is 12.8. The summed E-state index contributed by atoms with van der Waals surface area (Å²) in [5.74, 6) is 0. The number of aromatic amines is 1. The van der Waals surface area contributed by atoms with Gasteiger partial charge in [-0.3, -0.25) is 19.7 Å². The average molecular weight is 584 g/mol. The highest BCUT2D eigenvalue weighted by atomic mass is 28.4. The molecule has 1 unspecified atom stereocenters. The molecular formula is C34H41N3O4Si. The lowest BCUT2D eigenvalue weighted by atomic mass is 9.76. The molecular weight excluding hydrogens is 542 g/mol. The number of hydrogen-bond donors (Lipinski definition) is 2. The Morgan fingerprint density at radius 1 is 0.857 bits per heavy atom. The molecule has 42 heavy (non-hydrogen) atoms. The third-order valence-corrected chi connectivity index (χ3v) is 13.3. The fourth-order valence-electron chi connectivity index (χ4n) is 5.46. The Kier molecular flexibility index (Phi) is 8.53. The van der Waals surface area contributed by atoms with Gasteiger partial charge in [0.2, 0.25) is 0 Å². The third kappa shape index (κ3) is 5.98. The molecule has 0 spiro atoms. The number of ether oxygens (including phenoxy) is 1. The molecule has 3 atom stereocenters. The van der Waals surface area contributed by atoms with Gasteiger partial charge in [-0.25, -0.2) is 4.79 Å². The molecule has 7 nitrogen and oxygen atoms in total. The molecule has 0 aliphatic carbocycles. The third-order valence-electron chi connectivity index (χ3n) is 8.83. The van der Waals surface area contributed by atoms with Crippen molar-refractivity contribution in [1.29, 1.82) is 0 Å². The Labute approximate surface area is 248 Å². The summed E-state index contributed by atoms with van der Waals surface area (Å²) >= 11 is 0. The van der Waals surface area contributed by atoms with E-state index in [4.69, 9.17) is 9.16 Å². The number of nitrogens with one attached hydrogen (secondary N) is 2. The lowest BCUT2D eigenvalue weighted by Crippen LogP contribution is -2.54. The van der Waals surface area contributed by atoms with Crippen molar-refractivity contribution in [1.82, 2.24) is 14.9 Å². The summed E-state index contributed by atoms with van der Waals surface area (Å²) in [4.78, 5) is 27.0. The summed E-state index contributed by atoms with van der Waals surface area (Å²) in [7, 11) is -2.10. The number of H-pyrrole nitrogens is 1. The van der Waals surface area contributed by atoms with Gasteiger partial charge in [0.1, 0.15) is 6.23 Å². The highest BCUT2D eigenvalue weighted by Gasteiger charge is 2.46. The van der Waals surface area contributed by atoms with E-state index >= 15 is 0 Å². The summed E-state index contributed by atoms with van der Waals surface area (Å²) in [5.41, 5.74) is 1.65. The van der Waals surface area contributed by atoms with Crippen molar-refractivity contribution in [3.8, 4) is 0 Å². The molecule has 1 aromatic heterocycles. The van der Waals surface area contributed by atoms with Crippen LogP contribution in [0.15, 0.2) is 113 Å². The van der Waals surface area contributed by atoms with E-state index in [0.717, 1.165) is 16.7 Å². The smallest absolute Gasteiger partial charge is 0.330 e. The van der Waals surface area contributed by atoms with Gasteiger partial charge in [-0.2, -0.15) is 0 Å². The first-order valence-corrected chi connectivity index (χ1v) is 17.5. The van der Waals surface area contributed by atoms with E-state index in [9.17, 15) is 9.59 Å². The van der Waals surface area contributed by atoms with Crippen molar-refractivity contribution in [2.45, 2.75) is 69.2 Å². The van der Waals surface area contributed by atoms with E-state index in [1.165, 1.54) is 16.8 Å². The average Bonchev–Trinajstić information content (AvgIpc) is 3.37. The second-order valence-electron chi connectivity index (χ2n) is 12.6. The van der Waals surface area contributed by atoms with E-state index in [2.05, 4.69) is 117 Å². The molecule has 0 saturated carbocycles. The van der Waals surface area contributed by atoms with Gasteiger partial charge in [0.15, 0.2) is 8.32 Å². The zero-order valence-electron chi connectivity index (χ0n) is 25.0. The van der Waals surface area contributed by atoms with Gasteiger partial charge in [-0.1, -0.05) is 112 Å². The van der Waals surface area contributed by atoms with Gasteiger partial charge in [-0.05, 0) is 34.8 Å². The van der Waals surface area contributed by atoms with E-state index in [-0.39, 0.29) is 17.2 Å². The van der Waals surface area contributed by atoms with Gasteiger partial charge in [-0.15, -0.1) is 0 Å². The molecule has 0 bridgehead atoms. The second-order valence-corrected chi connectivity index (χ2v) is 17.4. The van der Waals surface area contributed by atoms with Crippen LogP contribution in [0.2, 0.25) is 18.1 Å². The highest BCUT2D eigenvalue weighted by molar-refractivity contribution is 6.74. The second kappa shape index (κ2) is 12.0. The molecule has 0 amide bonds. The minimum Gasteiger partial charge on any atom is -0.414 e. The monoisotopic (exact) mass is 583 g/mol. The van der Waals surface area contributed by atoms with E-state index in [0.29, 0.717) is 13.0 Å². The van der Waals surface area contributed by atoms with Crippen LogP contribution in [-0.2, 0) is 14.7 Å². The predicted molar refractivity (Wildman–Crippen MR) is 169 cm³/mol. The first-order chi connectivity index (χ1) is 20.0. The summed E-state index contributed by atoms with van der Waals surface area (Å²) in [6, 6.07) is 32.5. The number of hydrogen-bond acceptors (Lipinski definition) is 5. The number of benzene rings is 3. The van der Waals surface area contributed by atoms with Gasteiger partial charge in [0.05, 0.1) is 18.2 Å². The fourth-order valence-corrected chi connectivity index (χ4v) is 6.48. The van der Waals surface area contributed by atoms with Crippen LogP contribution in [0.4, 0.5) is 0 Å². The summed E-state index contributed by atoms with van der Waals surface area (Å²) in [5, 5.41) is 4.09. The molecule has 8 heteroatoms. The van der Waals surface area contributed by atoms with Crippen molar-refractivity contribution in [2.75, 3.05) is 6.61 Å². The van der Waals surface area contributed by atoms with Crippen LogP contribution in [0.1, 0.15) is 50.1 Å². The fraction of sp³-hybridized carbons (Fsp3) is 0.353. The van der Waals surface area contributed by atoms with E-state index in [1.807, 2.05) is 18.2 Å². The lowest BCUT2D eigenvalue weighted by Gasteiger charge is -2.41. The van der Waals surface area contributed by atoms with Gasteiger partial charge >= 0.3 is 5.69 Å². The van der Waals surface area contributed by atoms with Crippen molar-refractivity contribution in [2.24, 2.45) is 0 Å². The number of rotatable bonds is 9. The van der Waals surface area contributed by atoms with Crippen LogP contribution < -0.4 is 16.6 Å². The molecule has 3 aromatic carbocycles. The first kappa shape index (κ1) is 29.9. The maximum Gasteiger partial charge on any atom is 0.330 e. The number of nitrogens with zero attached hydrogens (tertiary/aromatic N) is 1. The Balaban J connectivity index is 1.61. The molecule has 1 aliphatic heterocycles. The standard InChI is InChI=1S/C34H41N3O4Si/c1-33(2,3)42(4,5)40-24-29-28(23-31(41-29)37-22-21-30(38)35-32(37)39)36-34(25-15-9-6-10-16-25,26-17-11-7-12-18-26)27-19-13-8-14-20-27/h6-22,28-29,31,36H,23-24H2,1-5H3,(H,35,38,39)/t28?,29-,31-/m0/s1. The van der Waals surface area contributed by atoms with Crippen LogP contribution in [0.3, 0.4) is 0 Å². The predicted octanol–water partition coefficient (Wildman–Crippen LogP) is 5.80. The molecule has 4 aromatic rings. The number of aromatic nitrogens is 2. The Morgan fingerprint density at radius 3 is 1.81 bits per heavy atom. The van der Waals surface area contributed by atoms with E-state index < -0.39 is 31.3 Å². The quantitative estimate of drug-likeness (QED) is 0.192. The highest BCUT2D eigenvalue weighted by Crippen LogP contribution is 2.41. The van der Waals surface area contributed by atoms with E-state index in [1.54, 1.807) is 0 Å². The molecule has 1 fully saturated rings. The largest absolute Gasteiger partial charge is 0.414 e. The molecule has 0 radical (unpaired) electrons. The molecule has 2 heterocycles. The van der Waals surface area contributed by atoms with Crippen molar-refractivity contribution in [3.05, 3.63) is 141 Å². The topological polar surface area (TPSA) is 85.3 Å². The van der Waals surface area contributed by atoms with Crippen LogP contribution in [0, 0.1) is 0 Å². The Morgan fingerprint density at radius 2 is 1.36 bits per heavy atom. The summed E-state index contributed by atoms with van der Waals surface area (Å²) in [6.45, 7) is 11.5. The molecule has 2 N–H and O–H groups in total. The SMILES string of the molecule is CC(C)(C)[Si](C)(C)OC[C@@H]1O[C@H](n2ccc(=O)[nH]c2=O)CC1NC(c1ccccc1)(c1ccccc1)c1ccccc1. The Bertz CT molecular complexity index is 1480. The zero-order valence-corrected chi connectivity index (χ0v) is 26.0. The Hall–Kier alpha value is -3.56. The lowest BCUT2D eigenvalue weighted by molar-refractivity contribution is -0.0275. The van der Waals surface area contributed by atoms with Crippen LogP contribution in [0.25, 0.3) is 0 Å². The molecule has 1 aliphatic rings. The minimum atomic E-state index is -2.10.